The van der Waals surface area contributed by atoms with E-state index in [0.29, 0.717) is 10.9 Å². The van der Waals surface area contributed by atoms with Gasteiger partial charge in [-0.1, -0.05) is 48.2 Å². The molecular formula is C20H17N5O3S2. The Bertz CT molecular complexity index is 1340. The van der Waals surface area contributed by atoms with Gasteiger partial charge in [0.15, 0.2) is 0 Å². The van der Waals surface area contributed by atoms with Gasteiger partial charge in [-0.05, 0) is 34.0 Å². The smallest absolute Gasteiger partial charge is 0.212 e. The highest BCUT2D eigenvalue weighted by Crippen LogP contribution is 2.52. The Balaban J connectivity index is 1.54. The summed E-state index contributed by atoms with van der Waals surface area (Å²) in [5, 5.41) is 15.0. The number of thioether (sulfide) groups is 1. The van der Waals surface area contributed by atoms with Crippen LogP contribution in [-0.2, 0) is 10.0 Å². The molecule has 0 fully saturated rings. The van der Waals surface area contributed by atoms with Crippen molar-refractivity contribution in [2.24, 2.45) is 5.10 Å². The zero-order chi connectivity index (χ0) is 20.7. The molecule has 2 heterocycles. The van der Waals surface area contributed by atoms with E-state index in [1.165, 1.54) is 24.3 Å². The summed E-state index contributed by atoms with van der Waals surface area (Å²) in [5.74, 6) is 0.606. The van der Waals surface area contributed by atoms with Crippen LogP contribution in [0.5, 0.6) is 0 Å². The van der Waals surface area contributed by atoms with Crippen molar-refractivity contribution >= 4 is 38.8 Å². The SMILES string of the molecule is CS(=O)(=O)N[C@@H]1c2cccc3cccc(c23)[C@@H]1Sc1nncn1/N=C\c1ccco1. The Morgan fingerprint density at radius 3 is 2.70 bits per heavy atom. The van der Waals surface area contributed by atoms with Crippen molar-refractivity contribution in [3.8, 4) is 0 Å². The van der Waals surface area contributed by atoms with Crippen LogP contribution in [0.15, 0.2) is 75.8 Å². The fourth-order valence-electron chi connectivity index (χ4n) is 3.70. The molecule has 2 aromatic carbocycles. The second-order valence-corrected chi connectivity index (χ2v) is 9.81. The molecule has 1 N–H and O–H groups in total. The third kappa shape index (κ3) is 3.53. The number of rotatable bonds is 6. The average Bonchev–Trinajstić information content (AvgIpc) is 3.44. The van der Waals surface area contributed by atoms with E-state index in [0.717, 1.165) is 21.9 Å². The van der Waals surface area contributed by atoms with E-state index in [1.54, 1.807) is 29.3 Å². The first-order chi connectivity index (χ1) is 14.5. The van der Waals surface area contributed by atoms with Crippen molar-refractivity contribution in [1.29, 1.82) is 0 Å². The van der Waals surface area contributed by atoms with Gasteiger partial charge in [0.2, 0.25) is 15.2 Å². The van der Waals surface area contributed by atoms with Crippen LogP contribution in [-0.4, -0.2) is 35.8 Å². The van der Waals surface area contributed by atoms with Crippen LogP contribution >= 0.6 is 11.8 Å². The average molecular weight is 440 g/mol. The summed E-state index contributed by atoms with van der Waals surface area (Å²) in [4.78, 5) is 0. The standard InChI is InChI=1S/C20H17N5O3S2/c1-30(26,27)24-18-15-8-2-5-13-6-3-9-16(17(13)15)19(18)29-20-23-21-12-25(20)22-11-14-7-4-10-28-14/h2-12,18-19,24H,1H3/b22-11-/t18-,19+/m1/s1. The van der Waals surface area contributed by atoms with Crippen LogP contribution in [0.1, 0.15) is 28.2 Å². The van der Waals surface area contributed by atoms with E-state index in [4.69, 9.17) is 4.42 Å². The van der Waals surface area contributed by atoms with Gasteiger partial charge in [0, 0.05) is 0 Å². The summed E-state index contributed by atoms with van der Waals surface area (Å²) >= 11 is 1.42. The Morgan fingerprint density at radius 2 is 1.97 bits per heavy atom. The first-order valence-electron chi connectivity index (χ1n) is 9.13. The molecule has 4 aromatic rings. The van der Waals surface area contributed by atoms with Crippen molar-refractivity contribution < 1.29 is 12.8 Å². The molecule has 2 aromatic heterocycles. The van der Waals surface area contributed by atoms with Crippen LogP contribution in [0.4, 0.5) is 0 Å². The summed E-state index contributed by atoms with van der Waals surface area (Å²) in [6.45, 7) is 0. The summed E-state index contributed by atoms with van der Waals surface area (Å²) in [6, 6.07) is 15.1. The highest BCUT2D eigenvalue weighted by molar-refractivity contribution is 7.99. The van der Waals surface area contributed by atoms with Gasteiger partial charge in [-0.3, -0.25) is 0 Å². The van der Waals surface area contributed by atoms with E-state index in [1.807, 2.05) is 36.4 Å². The van der Waals surface area contributed by atoms with Gasteiger partial charge >= 0.3 is 0 Å². The lowest BCUT2D eigenvalue weighted by Gasteiger charge is -2.21. The Kier molecular flexibility index (Phi) is 4.69. The van der Waals surface area contributed by atoms with Crippen LogP contribution in [0.3, 0.4) is 0 Å². The Labute approximate surface area is 177 Å². The van der Waals surface area contributed by atoms with Crippen LogP contribution < -0.4 is 4.72 Å². The first kappa shape index (κ1) is 19.0. The normalized spacial score (nSPS) is 18.6. The fraction of sp³-hybridized carbons (Fsp3) is 0.150. The molecule has 0 unspecified atom stereocenters. The second kappa shape index (κ2) is 7.38. The molecule has 1 aliphatic carbocycles. The van der Waals surface area contributed by atoms with E-state index in [-0.39, 0.29) is 5.25 Å². The zero-order valence-corrected chi connectivity index (χ0v) is 17.5. The lowest BCUT2D eigenvalue weighted by atomic mass is 10.1. The van der Waals surface area contributed by atoms with Crippen LogP contribution in [0.25, 0.3) is 10.8 Å². The van der Waals surface area contributed by atoms with Gasteiger partial charge in [-0.2, -0.15) is 9.78 Å². The van der Waals surface area contributed by atoms with Gasteiger partial charge in [0.05, 0.1) is 30.0 Å². The molecule has 0 amide bonds. The van der Waals surface area contributed by atoms with Gasteiger partial charge < -0.3 is 4.42 Å². The third-order valence-electron chi connectivity index (χ3n) is 4.84. The predicted octanol–water partition coefficient (Wildman–Crippen LogP) is 3.34. The Hall–Kier alpha value is -2.95. The minimum atomic E-state index is -3.43. The summed E-state index contributed by atoms with van der Waals surface area (Å²) < 4.78 is 33.9. The molecule has 0 saturated carbocycles. The van der Waals surface area contributed by atoms with E-state index in [9.17, 15) is 8.42 Å². The molecule has 1 aliphatic rings. The number of sulfonamides is 1. The van der Waals surface area contributed by atoms with Crippen molar-refractivity contribution in [3.05, 3.63) is 78.0 Å². The molecule has 0 aliphatic heterocycles. The minimum absolute atomic E-state index is 0.220. The van der Waals surface area contributed by atoms with Gasteiger partial charge in [0.1, 0.15) is 12.1 Å². The number of hydrogen-bond acceptors (Lipinski definition) is 7. The van der Waals surface area contributed by atoms with Gasteiger partial charge in [-0.15, -0.1) is 10.2 Å². The highest BCUT2D eigenvalue weighted by atomic mass is 32.2. The maximum absolute atomic E-state index is 12.1. The molecule has 10 heteroatoms. The van der Waals surface area contributed by atoms with E-state index >= 15 is 0 Å². The molecule has 30 heavy (non-hydrogen) atoms. The van der Waals surface area contributed by atoms with Crippen molar-refractivity contribution in [3.63, 3.8) is 0 Å². The van der Waals surface area contributed by atoms with E-state index < -0.39 is 16.1 Å². The fourth-order valence-corrected chi connectivity index (χ4v) is 5.71. The first-order valence-corrected chi connectivity index (χ1v) is 11.9. The van der Waals surface area contributed by atoms with Gasteiger partial charge in [-0.25, -0.2) is 13.1 Å². The largest absolute Gasteiger partial charge is 0.463 e. The van der Waals surface area contributed by atoms with Crippen molar-refractivity contribution in [2.75, 3.05) is 6.26 Å². The molecular weight excluding hydrogens is 422 g/mol. The molecule has 5 rings (SSSR count). The highest BCUT2D eigenvalue weighted by Gasteiger charge is 2.37. The van der Waals surface area contributed by atoms with Crippen LogP contribution in [0, 0.1) is 0 Å². The number of hydrogen-bond donors (Lipinski definition) is 1. The molecule has 0 spiro atoms. The minimum Gasteiger partial charge on any atom is -0.463 e. The molecule has 8 nitrogen and oxygen atoms in total. The van der Waals surface area contributed by atoms with E-state index in [2.05, 4.69) is 20.0 Å². The molecule has 0 saturated heterocycles. The van der Waals surface area contributed by atoms with Crippen molar-refractivity contribution in [2.45, 2.75) is 16.4 Å². The lowest BCUT2D eigenvalue weighted by molar-refractivity contribution is 0.558. The summed E-state index contributed by atoms with van der Waals surface area (Å²) in [7, 11) is -3.43. The van der Waals surface area contributed by atoms with Crippen molar-refractivity contribution in [1.82, 2.24) is 19.6 Å². The monoisotopic (exact) mass is 439 g/mol. The number of aromatic nitrogens is 3. The number of furan rings is 1. The third-order valence-corrected chi connectivity index (χ3v) is 6.78. The second-order valence-electron chi connectivity index (χ2n) is 6.92. The number of nitrogens with zero attached hydrogens (tertiary/aromatic N) is 4. The number of benzene rings is 2. The predicted molar refractivity (Wildman–Crippen MR) is 115 cm³/mol. The maximum atomic E-state index is 12.1. The Morgan fingerprint density at radius 1 is 1.17 bits per heavy atom. The summed E-state index contributed by atoms with van der Waals surface area (Å²) in [6.07, 6.45) is 5.82. The summed E-state index contributed by atoms with van der Waals surface area (Å²) in [5.41, 5.74) is 2.01. The lowest BCUT2D eigenvalue weighted by Crippen LogP contribution is -2.28. The maximum Gasteiger partial charge on any atom is 0.212 e. The quantitative estimate of drug-likeness (QED) is 0.462. The number of nitrogens with one attached hydrogen (secondary N) is 1. The van der Waals surface area contributed by atoms with Crippen LogP contribution in [0.2, 0.25) is 0 Å². The molecule has 152 valence electrons. The molecule has 2 atom stereocenters. The molecule has 0 bridgehead atoms. The topological polar surface area (TPSA) is 102 Å². The molecule has 0 radical (unpaired) electrons. The van der Waals surface area contributed by atoms with Gasteiger partial charge in [0.25, 0.3) is 0 Å². The zero-order valence-electron chi connectivity index (χ0n) is 15.8.